The van der Waals surface area contributed by atoms with Crippen LogP contribution in [0.5, 0.6) is 0 Å². The molecule has 0 bridgehead atoms. The van der Waals surface area contributed by atoms with E-state index in [0.29, 0.717) is 5.56 Å². The Morgan fingerprint density at radius 1 is 1.22 bits per heavy atom. The van der Waals surface area contributed by atoms with E-state index >= 15 is 0 Å². The average Bonchev–Trinajstić information content (AvgIpc) is 2.90. The van der Waals surface area contributed by atoms with Gasteiger partial charge in [0.25, 0.3) is 0 Å². The van der Waals surface area contributed by atoms with Crippen LogP contribution in [0.1, 0.15) is 21.9 Å². The van der Waals surface area contributed by atoms with Crippen LogP contribution in [0.4, 0.5) is 0 Å². The molecule has 0 spiro atoms. The first-order chi connectivity index (χ1) is 8.67. The summed E-state index contributed by atoms with van der Waals surface area (Å²) in [6.45, 7) is 3.88. The highest BCUT2D eigenvalue weighted by atomic mass is 16.1. The SMILES string of the molecule is Cc1nc(-c2cn3cc(C=O)ccc3n2)c(C)[nH]1. The van der Waals surface area contributed by atoms with E-state index in [9.17, 15) is 4.79 Å². The van der Waals surface area contributed by atoms with E-state index in [0.717, 1.165) is 34.8 Å². The Morgan fingerprint density at radius 2 is 2.06 bits per heavy atom. The Labute approximate surface area is 104 Å². The van der Waals surface area contributed by atoms with Gasteiger partial charge in [-0.3, -0.25) is 4.79 Å². The standard InChI is InChI=1S/C13H12N4O/c1-8-13(15-9(2)14-8)11-6-17-5-10(7-18)3-4-12(17)16-11/h3-7H,1-2H3,(H,14,15). The number of aldehydes is 1. The summed E-state index contributed by atoms with van der Waals surface area (Å²) in [7, 11) is 0. The Balaban J connectivity index is 2.18. The van der Waals surface area contributed by atoms with Crippen LogP contribution in [0.2, 0.25) is 0 Å². The fourth-order valence-corrected chi connectivity index (χ4v) is 2.05. The molecule has 0 aliphatic carbocycles. The van der Waals surface area contributed by atoms with Gasteiger partial charge >= 0.3 is 0 Å². The number of hydrogen-bond donors (Lipinski definition) is 1. The molecule has 0 radical (unpaired) electrons. The highest BCUT2D eigenvalue weighted by molar-refractivity contribution is 5.75. The van der Waals surface area contributed by atoms with Gasteiger partial charge in [-0.1, -0.05) is 0 Å². The summed E-state index contributed by atoms with van der Waals surface area (Å²) in [6.07, 6.45) is 4.46. The van der Waals surface area contributed by atoms with Crippen LogP contribution in [-0.4, -0.2) is 25.6 Å². The van der Waals surface area contributed by atoms with Crippen LogP contribution in [0, 0.1) is 13.8 Å². The van der Waals surface area contributed by atoms with Gasteiger partial charge in [0.15, 0.2) is 6.29 Å². The number of aromatic nitrogens is 4. The van der Waals surface area contributed by atoms with E-state index in [-0.39, 0.29) is 0 Å². The van der Waals surface area contributed by atoms with E-state index in [1.807, 2.05) is 30.5 Å². The van der Waals surface area contributed by atoms with Gasteiger partial charge in [-0.15, -0.1) is 0 Å². The van der Waals surface area contributed by atoms with Crippen molar-refractivity contribution in [2.75, 3.05) is 0 Å². The summed E-state index contributed by atoms with van der Waals surface area (Å²) in [5, 5.41) is 0. The fraction of sp³-hybridized carbons (Fsp3) is 0.154. The van der Waals surface area contributed by atoms with Gasteiger partial charge in [0.05, 0.1) is 0 Å². The number of rotatable bonds is 2. The lowest BCUT2D eigenvalue weighted by atomic mass is 10.3. The molecule has 0 saturated heterocycles. The molecule has 18 heavy (non-hydrogen) atoms. The molecule has 0 amide bonds. The highest BCUT2D eigenvalue weighted by Gasteiger charge is 2.11. The van der Waals surface area contributed by atoms with Gasteiger partial charge in [0.1, 0.15) is 22.9 Å². The van der Waals surface area contributed by atoms with Gasteiger partial charge in [-0.2, -0.15) is 0 Å². The zero-order valence-corrected chi connectivity index (χ0v) is 10.1. The van der Waals surface area contributed by atoms with Crippen LogP contribution in [-0.2, 0) is 0 Å². The molecule has 3 aromatic rings. The van der Waals surface area contributed by atoms with Crippen LogP contribution in [0.3, 0.4) is 0 Å². The minimum absolute atomic E-state index is 0.626. The molecule has 1 N–H and O–H groups in total. The lowest BCUT2D eigenvalue weighted by Gasteiger charge is -1.92. The molecule has 5 heteroatoms. The molecule has 0 fully saturated rings. The van der Waals surface area contributed by atoms with Gasteiger partial charge in [0, 0.05) is 23.7 Å². The van der Waals surface area contributed by atoms with Crippen molar-refractivity contribution in [3.8, 4) is 11.4 Å². The zero-order valence-electron chi connectivity index (χ0n) is 10.1. The minimum Gasteiger partial charge on any atom is -0.346 e. The van der Waals surface area contributed by atoms with Gasteiger partial charge in [-0.25, -0.2) is 9.97 Å². The summed E-state index contributed by atoms with van der Waals surface area (Å²) in [6, 6.07) is 3.57. The summed E-state index contributed by atoms with van der Waals surface area (Å²) in [5.74, 6) is 0.869. The quantitative estimate of drug-likeness (QED) is 0.698. The van der Waals surface area contributed by atoms with E-state index in [1.165, 1.54) is 0 Å². The number of carbonyl (C=O) groups is 1. The fourth-order valence-electron chi connectivity index (χ4n) is 2.05. The number of aromatic amines is 1. The van der Waals surface area contributed by atoms with Crippen molar-refractivity contribution >= 4 is 11.9 Å². The number of pyridine rings is 1. The summed E-state index contributed by atoms with van der Waals surface area (Å²) < 4.78 is 1.84. The summed E-state index contributed by atoms with van der Waals surface area (Å²) >= 11 is 0. The van der Waals surface area contributed by atoms with Crippen LogP contribution in [0.25, 0.3) is 17.0 Å². The van der Waals surface area contributed by atoms with Crippen molar-refractivity contribution in [2.45, 2.75) is 13.8 Å². The van der Waals surface area contributed by atoms with Crippen LogP contribution in [0.15, 0.2) is 24.5 Å². The molecule has 0 atom stereocenters. The monoisotopic (exact) mass is 240 g/mol. The maximum Gasteiger partial charge on any atom is 0.151 e. The largest absolute Gasteiger partial charge is 0.346 e. The van der Waals surface area contributed by atoms with Gasteiger partial charge in [-0.05, 0) is 26.0 Å². The number of carbonyl (C=O) groups excluding carboxylic acids is 1. The number of H-pyrrole nitrogens is 1. The van der Waals surface area contributed by atoms with E-state index < -0.39 is 0 Å². The summed E-state index contributed by atoms with van der Waals surface area (Å²) in [4.78, 5) is 22.8. The lowest BCUT2D eigenvalue weighted by molar-refractivity contribution is 0.112. The molecular weight excluding hydrogens is 228 g/mol. The molecule has 3 heterocycles. The van der Waals surface area contributed by atoms with Crippen molar-refractivity contribution in [1.82, 2.24) is 19.4 Å². The molecule has 90 valence electrons. The third-order valence-electron chi connectivity index (χ3n) is 2.86. The van der Waals surface area contributed by atoms with E-state index in [4.69, 9.17) is 0 Å². The van der Waals surface area contributed by atoms with Gasteiger partial charge in [0.2, 0.25) is 0 Å². The maximum atomic E-state index is 10.7. The number of aryl methyl sites for hydroxylation is 2. The third kappa shape index (κ3) is 1.60. The Bertz CT molecular complexity index is 739. The molecule has 0 unspecified atom stereocenters. The molecular formula is C13H12N4O. The van der Waals surface area contributed by atoms with E-state index in [2.05, 4.69) is 15.0 Å². The normalized spacial score (nSPS) is 11.0. The smallest absolute Gasteiger partial charge is 0.151 e. The Kier molecular flexibility index (Phi) is 2.26. The predicted octanol–water partition coefficient (Wildman–Crippen LogP) is 2.15. The third-order valence-corrected chi connectivity index (χ3v) is 2.86. The highest BCUT2D eigenvalue weighted by Crippen LogP contribution is 2.20. The van der Waals surface area contributed by atoms with Crippen molar-refractivity contribution < 1.29 is 4.79 Å². The lowest BCUT2D eigenvalue weighted by Crippen LogP contribution is -1.86. The van der Waals surface area contributed by atoms with Crippen molar-refractivity contribution in [1.29, 1.82) is 0 Å². The number of nitrogens with zero attached hydrogens (tertiary/aromatic N) is 3. The van der Waals surface area contributed by atoms with E-state index in [1.54, 1.807) is 12.3 Å². The molecule has 0 aromatic carbocycles. The molecule has 0 aliphatic heterocycles. The Hall–Kier alpha value is -2.43. The molecule has 5 nitrogen and oxygen atoms in total. The minimum atomic E-state index is 0.626. The number of fused-ring (bicyclic) bond motifs is 1. The first-order valence-electron chi connectivity index (χ1n) is 5.65. The first kappa shape index (κ1) is 10.7. The first-order valence-corrected chi connectivity index (χ1v) is 5.65. The molecule has 0 saturated carbocycles. The second-order valence-corrected chi connectivity index (χ2v) is 4.27. The molecule has 3 rings (SSSR count). The average molecular weight is 240 g/mol. The second-order valence-electron chi connectivity index (χ2n) is 4.27. The topological polar surface area (TPSA) is 63.1 Å². The van der Waals surface area contributed by atoms with Crippen molar-refractivity contribution in [3.63, 3.8) is 0 Å². The number of nitrogens with one attached hydrogen (secondary N) is 1. The number of imidazole rings is 2. The molecule has 0 aliphatic rings. The zero-order chi connectivity index (χ0) is 12.7. The second kappa shape index (κ2) is 3.80. The number of hydrogen-bond acceptors (Lipinski definition) is 3. The van der Waals surface area contributed by atoms with Gasteiger partial charge < -0.3 is 9.38 Å². The van der Waals surface area contributed by atoms with Crippen LogP contribution >= 0.6 is 0 Å². The molecule has 3 aromatic heterocycles. The van der Waals surface area contributed by atoms with Crippen molar-refractivity contribution in [2.24, 2.45) is 0 Å². The summed E-state index contributed by atoms with van der Waals surface area (Å²) in [5.41, 5.74) is 4.08. The Morgan fingerprint density at radius 3 is 2.72 bits per heavy atom. The predicted molar refractivity (Wildman–Crippen MR) is 67.6 cm³/mol. The van der Waals surface area contributed by atoms with Crippen molar-refractivity contribution in [3.05, 3.63) is 41.6 Å². The maximum absolute atomic E-state index is 10.7. The van der Waals surface area contributed by atoms with Crippen LogP contribution < -0.4 is 0 Å².